The first kappa shape index (κ1) is 13.6. The Morgan fingerprint density at radius 3 is 2.43 bits per heavy atom. The maximum atomic E-state index is 12.4. The Labute approximate surface area is 122 Å². The third kappa shape index (κ3) is 2.07. The van der Waals surface area contributed by atoms with Gasteiger partial charge in [0.1, 0.15) is 0 Å². The van der Waals surface area contributed by atoms with Gasteiger partial charge in [0.25, 0.3) is 16.7 Å². The van der Waals surface area contributed by atoms with E-state index >= 15 is 0 Å². The Balaban J connectivity index is 2.26. The van der Waals surface area contributed by atoms with Gasteiger partial charge in [0, 0.05) is 44.8 Å². The number of hydrogen-bond donors (Lipinski definition) is 0. The molecule has 21 heavy (non-hydrogen) atoms. The van der Waals surface area contributed by atoms with Gasteiger partial charge in [0.05, 0.1) is 0 Å². The molecule has 0 N–H and O–H groups in total. The van der Waals surface area contributed by atoms with Crippen LogP contribution in [0, 0.1) is 17.3 Å². The number of hydrogen-bond acceptors (Lipinski definition) is 4. The van der Waals surface area contributed by atoms with Crippen LogP contribution in [0.2, 0.25) is 0 Å². The number of anilines is 1. The summed E-state index contributed by atoms with van der Waals surface area (Å²) in [5.41, 5.74) is 1.50. The van der Waals surface area contributed by atoms with Crippen LogP contribution in [0.4, 0.5) is 5.69 Å². The zero-order valence-electron chi connectivity index (χ0n) is 12.1. The minimum Gasteiger partial charge on any atom is -0.618 e. The van der Waals surface area contributed by atoms with E-state index in [0.29, 0.717) is 9.46 Å². The van der Waals surface area contributed by atoms with Crippen LogP contribution in [0.25, 0.3) is 11.0 Å². The number of nitrogens with zero attached hydrogens (tertiary/aromatic N) is 3. The average Bonchev–Trinajstić information content (AvgIpc) is 2.98. The minimum absolute atomic E-state index is 0.0870. The molecule has 0 aliphatic carbocycles. The van der Waals surface area contributed by atoms with Crippen molar-refractivity contribution in [1.29, 1.82) is 0 Å². The molecule has 3 rings (SSSR count). The van der Waals surface area contributed by atoms with Crippen LogP contribution >= 0.6 is 0 Å². The standard InChI is InChI=1S/C15H17N3O3/c1-10-15(11(2)19)18(21)14-9-12(16-7-3-4-8-16)5-6-13(14)17(10)20/h5-6,9H,3-4,7-8H2,1-2H3. The van der Waals surface area contributed by atoms with Gasteiger partial charge < -0.3 is 15.3 Å². The van der Waals surface area contributed by atoms with Crippen LogP contribution in [-0.2, 0) is 0 Å². The van der Waals surface area contributed by atoms with E-state index in [2.05, 4.69) is 4.90 Å². The van der Waals surface area contributed by atoms with Crippen LogP contribution in [0.15, 0.2) is 18.2 Å². The van der Waals surface area contributed by atoms with Gasteiger partial charge in [-0.3, -0.25) is 4.79 Å². The Morgan fingerprint density at radius 2 is 1.81 bits per heavy atom. The summed E-state index contributed by atoms with van der Waals surface area (Å²) in [5, 5.41) is 24.7. The molecular formula is C15H17N3O3. The molecule has 1 fully saturated rings. The fourth-order valence-electron chi connectivity index (χ4n) is 2.96. The molecule has 1 saturated heterocycles. The van der Waals surface area contributed by atoms with Gasteiger partial charge in [0.2, 0.25) is 5.78 Å². The zero-order chi connectivity index (χ0) is 15.1. The molecule has 0 radical (unpaired) electrons. The number of aromatic nitrogens is 2. The fourth-order valence-corrected chi connectivity index (χ4v) is 2.96. The molecule has 110 valence electrons. The van der Waals surface area contributed by atoms with Crippen LogP contribution in [0.5, 0.6) is 0 Å². The van der Waals surface area contributed by atoms with Crippen molar-refractivity contribution >= 4 is 22.5 Å². The molecule has 1 aromatic heterocycles. The maximum absolute atomic E-state index is 12.4. The summed E-state index contributed by atoms with van der Waals surface area (Å²) in [6, 6.07) is 5.21. The highest BCUT2D eigenvalue weighted by Gasteiger charge is 2.29. The second-order valence-electron chi connectivity index (χ2n) is 5.45. The van der Waals surface area contributed by atoms with Crippen molar-refractivity contribution in [2.75, 3.05) is 18.0 Å². The highest BCUT2D eigenvalue weighted by molar-refractivity contribution is 5.92. The Bertz CT molecular complexity index is 737. The summed E-state index contributed by atoms with van der Waals surface area (Å²) in [5.74, 6) is -0.402. The molecule has 0 atom stereocenters. The first-order valence-corrected chi connectivity index (χ1v) is 7.06. The molecule has 2 heterocycles. The van der Waals surface area contributed by atoms with Crippen molar-refractivity contribution < 1.29 is 14.3 Å². The van der Waals surface area contributed by atoms with Crippen LogP contribution in [0.1, 0.15) is 35.9 Å². The van der Waals surface area contributed by atoms with Crippen LogP contribution in [-0.4, -0.2) is 18.9 Å². The Morgan fingerprint density at radius 1 is 1.14 bits per heavy atom. The fraction of sp³-hybridized carbons (Fsp3) is 0.400. The monoisotopic (exact) mass is 287 g/mol. The van der Waals surface area contributed by atoms with Crippen LogP contribution < -0.4 is 14.4 Å². The summed E-state index contributed by atoms with van der Waals surface area (Å²) in [6.45, 7) is 4.69. The molecule has 6 nitrogen and oxygen atoms in total. The van der Waals surface area contributed by atoms with Gasteiger partial charge in [-0.25, -0.2) is 0 Å². The second-order valence-corrected chi connectivity index (χ2v) is 5.45. The zero-order valence-corrected chi connectivity index (χ0v) is 12.1. The van der Waals surface area contributed by atoms with E-state index in [1.165, 1.54) is 13.8 Å². The number of rotatable bonds is 2. The van der Waals surface area contributed by atoms with E-state index in [1.54, 1.807) is 12.1 Å². The third-order valence-corrected chi connectivity index (χ3v) is 4.05. The van der Waals surface area contributed by atoms with E-state index in [1.807, 2.05) is 6.07 Å². The van der Waals surface area contributed by atoms with E-state index in [-0.39, 0.29) is 22.4 Å². The van der Waals surface area contributed by atoms with Crippen molar-refractivity contribution in [2.45, 2.75) is 26.7 Å². The summed E-state index contributed by atoms with van der Waals surface area (Å²) >= 11 is 0. The molecule has 0 amide bonds. The number of carbonyl (C=O) groups is 1. The van der Waals surface area contributed by atoms with Crippen molar-refractivity contribution in [3.05, 3.63) is 40.0 Å². The molecule has 0 saturated carbocycles. The maximum Gasteiger partial charge on any atom is 0.328 e. The summed E-state index contributed by atoms with van der Waals surface area (Å²) in [6.07, 6.45) is 2.26. The van der Waals surface area contributed by atoms with Crippen molar-refractivity contribution in [3.8, 4) is 0 Å². The van der Waals surface area contributed by atoms with Crippen LogP contribution in [0.3, 0.4) is 0 Å². The van der Waals surface area contributed by atoms with E-state index in [4.69, 9.17) is 0 Å². The first-order valence-electron chi connectivity index (χ1n) is 7.06. The quantitative estimate of drug-likeness (QED) is 0.473. The average molecular weight is 287 g/mol. The predicted molar refractivity (Wildman–Crippen MR) is 78.1 cm³/mol. The first-order chi connectivity index (χ1) is 10.0. The summed E-state index contributed by atoms with van der Waals surface area (Å²) in [4.78, 5) is 13.8. The number of Topliss-reactive ketones (excluding diaryl/α,β-unsaturated/α-hetero) is 1. The summed E-state index contributed by atoms with van der Waals surface area (Å²) < 4.78 is 1.25. The lowest BCUT2D eigenvalue weighted by atomic mass is 10.2. The van der Waals surface area contributed by atoms with Crippen molar-refractivity contribution in [1.82, 2.24) is 0 Å². The predicted octanol–water partition coefficient (Wildman–Crippen LogP) is 1.22. The van der Waals surface area contributed by atoms with E-state index in [0.717, 1.165) is 31.6 Å². The molecular weight excluding hydrogens is 270 g/mol. The molecule has 6 heteroatoms. The number of carbonyl (C=O) groups excluding carboxylic acids is 1. The lowest BCUT2D eigenvalue weighted by Crippen LogP contribution is -2.46. The molecule has 0 unspecified atom stereocenters. The van der Waals surface area contributed by atoms with Crippen molar-refractivity contribution in [3.63, 3.8) is 0 Å². The number of benzene rings is 1. The Kier molecular flexibility index (Phi) is 3.16. The third-order valence-electron chi connectivity index (χ3n) is 4.05. The van der Waals surface area contributed by atoms with Crippen molar-refractivity contribution in [2.24, 2.45) is 0 Å². The lowest BCUT2D eigenvalue weighted by molar-refractivity contribution is -0.635. The molecule has 0 spiro atoms. The van der Waals surface area contributed by atoms with Gasteiger partial charge in [-0.2, -0.15) is 9.46 Å². The van der Waals surface area contributed by atoms with E-state index in [9.17, 15) is 15.2 Å². The smallest absolute Gasteiger partial charge is 0.328 e. The number of fused-ring (bicyclic) bond motifs is 1. The number of ketones is 1. The lowest BCUT2D eigenvalue weighted by Gasteiger charge is -2.17. The van der Waals surface area contributed by atoms with E-state index < -0.39 is 5.78 Å². The van der Waals surface area contributed by atoms with Gasteiger partial charge in [-0.15, -0.1) is 0 Å². The Hall–Kier alpha value is -2.37. The summed E-state index contributed by atoms with van der Waals surface area (Å²) in [7, 11) is 0. The van der Waals surface area contributed by atoms with Gasteiger partial charge in [-0.1, -0.05) is 0 Å². The molecule has 1 aliphatic heterocycles. The molecule has 0 bridgehead atoms. The second kappa shape index (κ2) is 4.87. The largest absolute Gasteiger partial charge is 0.618 e. The van der Waals surface area contributed by atoms with Gasteiger partial charge in [-0.05, 0) is 18.9 Å². The van der Waals surface area contributed by atoms with Gasteiger partial charge in [0.15, 0.2) is 0 Å². The normalized spacial score (nSPS) is 14.9. The SMILES string of the molecule is CC(=O)c1c(C)[n+]([O-])c2ccc(N3CCCC3)cc2[n+]1[O-]. The topological polar surface area (TPSA) is 74.2 Å². The van der Waals surface area contributed by atoms with Gasteiger partial charge >= 0.3 is 5.69 Å². The molecule has 1 aliphatic rings. The molecule has 2 aromatic rings. The minimum atomic E-state index is -0.402. The highest BCUT2D eigenvalue weighted by Crippen LogP contribution is 2.23. The molecule has 1 aromatic carbocycles. The highest BCUT2D eigenvalue weighted by atomic mass is 16.5.